The summed E-state index contributed by atoms with van der Waals surface area (Å²) in [7, 11) is 0. The molecule has 0 bridgehead atoms. The summed E-state index contributed by atoms with van der Waals surface area (Å²) in [6, 6.07) is 0. The highest BCUT2D eigenvalue weighted by molar-refractivity contribution is 6.05. The number of carbonyl (C=O) groups excluding carboxylic acids is 2. The summed E-state index contributed by atoms with van der Waals surface area (Å²) >= 11 is 0. The summed E-state index contributed by atoms with van der Waals surface area (Å²) < 4.78 is 0. The third-order valence-electron chi connectivity index (χ3n) is 3.09. The molecule has 1 fully saturated rings. The normalized spacial score (nSPS) is 22.5. The van der Waals surface area contributed by atoms with E-state index < -0.39 is 29.9 Å². The molecule has 0 saturated heterocycles. The Morgan fingerprint density at radius 3 is 2.24 bits per heavy atom. The summed E-state index contributed by atoms with van der Waals surface area (Å²) in [4.78, 5) is 33.5. The van der Waals surface area contributed by atoms with E-state index in [4.69, 9.17) is 5.11 Å². The highest BCUT2D eigenvalue weighted by Gasteiger charge is 2.44. The Hall–Kier alpha value is -1.30. The molecule has 1 aliphatic carbocycles. The average Bonchev–Trinajstić information content (AvgIpc) is 2.12. The van der Waals surface area contributed by atoms with Crippen molar-refractivity contribution in [2.24, 2.45) is 17.3 Å². The molecular formula is C11H17NO5. The molecule has 6 heteroatoms. The van der Waals surface area contributed by atoms with Gasteiger partial charge in [-0.1, -0.05) is 13.8 Å². The van der Waals surface area contributed by atoms with E-state index in [0.29, 0.717) is 0 Å². The van der Waals surface area contributed by atoms with Gasteiger partial charge in [-0.25, -0.2) is 0 Å². The van der Waals surface area contributed by atoms with E-state index in [1.54, 1.807) is 0 Å². The topological polar surface area (TPSA) is 97.5 Å². The van der Waals surface area contributed by atoms with Crippen molar-refractivity contribution < 1.29 is 19.6 Å². The van der Waals surface area contributed by atoms with E-state index in [1.807, 2.05) is 13.8 Å². The first-order valence-electron chi connectivity index (χ1n) is 5.55. The molecule has 1 unspecified atom stereocenters. The van der Waals surface area contributed by atoms with Gasteiger partial charge in [0.05, 0.1) is 18.4 Å². The molecule has 0 radical (unpaired) electrons. The Balaban J connectivity index is 2.85. The van der Waals surface area contributed by atoms with Crippen LogP contribution in [-0.2, 0) is 9.59 Å². The molecule has 0 aliphatic heterocycles. The lowest BCUT2D eigenvalue weighted by Gasteiger charge is -2.33. The minimum absolute atomic E-state index is 0.234. The Morgan fingerprint density at radius 2 is 1.88 bits per heavy atom. The van der Waals surface area contributed by atoms with Crippen molar-refractivity contribution in [1.29, 1.82) is 0 Å². The number of aliphatic hydroxyl groups excluding tert-OH is 1. The van der Waals surface area contributed by atoms with E-state index in [-0.39, 0.29) is 29.8 Å². The largest absolute Gasteiger partial charge is 0.396 e. The maximum absolute atomic E-state index is 11.8. The zero-order valence-electron chi connectivity index (χ0n) is 10.0. The fourth-order valence-corrected chi connectivity index (χ4v) is 2.39. The molecule has 0 spiro atoms. The van der Waals surface area contributed by atoms with Gasteiger partial charge in [0.1, 0.15) is 11.6 Å². The van der Waals surface area contributed by atoms with E-state index >= 15 is 0 Å². The lowest BCUT2D eigenvalue weighted by atomic mass is 9.68. The van der Waals surface area contributed by atoms with Gasteiger partial charge in [-0.15, -0.1) is 0 Å². The van der Waals surface area contributed by atoms with Crippen LogP contribution in [0.15, 0.2) is 0 Å². The number of rotatable bonds is 4. The van der Waals surface area contributed by atoms with Gasteiger partial charge in [0.25, 0.3) is 0 Å². The Morgan fingerprint density at radius 1 is 1.41 bits per heavy atom. The average molecular weight is 243 g/mol. The van der Waals surface area contributed by atoms with Crippen molar-refractivity contribution in [3.63, 3.8) is 0 Å². The van der Waals surface area contributed by atoms with Gasteiger partial charge < -0.3 is 5.11 Å². The molecule has 0 amide bonds. The minimum Gasteiger partial charge on any atom is -0.396 e. The molecule has 1 atom stereocenters. The van der Waals surface area contributed by atoms with Crippen molar-refractivity contribution in [2.75, 3.05) is 13.2 Å². The first kappa shape index (κ1) is 13.8. The smallest absolute Gasteiger partial charge is 0.210 e. The van der Waals surface area contributed by atoms with Crippen LogP contribution in [0.3, 0.4) is 0 Å². The highest BCUT2D eigenvalue weighted by Crippen LogP contribution is 2.36. The third kappa shape index (κ3) is 3.33. The zero-order valence-corrected chi connectivity index (χ0v) is 10.0. The van der Waals surface area contributed by atoms with Gasteiger partial charge in [0.2, 0.25) is 6.54 Å². The Bertz CT molecular complexity index is 330. The van der Waals surface area contributed by atoms with Crippen LogP contribution < -0.4 is 0 Å². The number of carbonyl (C=O) groups is 2. The molecule has 0 aromatic rings. The van der Waals surface area contributed by atoms with Crippen molar-refractivity contribution in [1.82, 2.24) is 0 Å². The minimum atomic E-state index is -1.00. The number of hydrogen-bond acceptors (Lipinski definition) is 5. The second-order valence-electron chi connectivity index (χ2n) is 5.39. The quantitative estimate of drug-likeness (QED) is 0.439. The van der Waals surface area contributed by atoms with Gasteiger partial charge in [-0.05, 0) is 5.41 Å². The van der Waals surface area contributed by atoms with Crippen molar-refractivity contribution >= 4 is 11.6 Å². The van der Waals surface area contributed by atoms with E-state index in [0.717, 1.165) is 0 Å². The molecule has 96 valence electrons. The van der Waals surface area contributed by atoms with Gasteiger partial charge in [0, 0.05) is 17.8 Å². The Kier molecular flexibility index (Phi) is 3.98. The molecule has 0 aromatic carbocycles. The third-order valence-corrected chi connectivity index (χ3v) is 3.09. The van der Waals surface area contributed by atoms with Crippen LogP contribution >= 0.6 is 0 Å². The van der Waals surface area contributed by atoms with Crippen molar-refractivity contribution in [3.8, 4) is 0 Å². The summed E-state index contributed by atoms with van der Waals surface area (Å²) in [5.74, 6) is -2.46. The first-order chi connectivity index (χ1) is 7.76. The Labute approximate surface area is 99.2 Å². The van der Waals surface area contributed by atoms with Crippen LogP contribution in [-0.4, -0.2) is 34.7 Å². The summed E-state index contributed by atoms with van der Waals surface area (Å²) in [5.41, 5.74) is -0.376. The molecule has 1 saturated carbocycles. The SMILES string of the molecule is CC1(C)CC(=O)C(C(CO)C[N+](=O)[O-])C(=O)C1. The van der Waals surface area contributed by atoms with Crippen molar-refractivity contribution in [3.05, 3.63) is 10.1 Å². The van der Waals surface area contributed by atoms with Crippen LogP contribution in [0.2, 0.25) is 0 Å². The molecule has 1 aliphatic rings. The van der Waals surface area contributed by atoms with E-state index in [1.165, 1.54) is 0 Å². The molecule has 0 heterocycles. The lowest BCUT2D eigenvalue weighted by Crippen LogP contribution is -2.44. The first-order valence-corrected chi connectivity index (χ1v) is 5.55. The fraction of sp³-hybridized carbons (Fsp3) is 0.818. The predicted octanol–water partition coefficient (Wildman–Crippen LogP) is 0.446. The number of nitro groups is 1. The molecule has 1 N–H and O–H groups in total. The number of aliphatic hydroxyl groups is 1. The lowest BCUT2D eigenvalue weighted by molar-refractivity contribution is -0.489. The van der Waals surface area contributed by atoms with Crippen LogP contribution in [0.5, 0.6) is 0 Å². The number of ketones is 2. The zero-order chi connectivity index (χ0) is 13.2. The van der Waals surface area contributed by atoms with E-state index in [9.17, 15) is 19.7 Å². The molecule has 6 nitrogen and oxygen atoms in total. The summed E-state index contributed by atoms with van der Waals surface area (Å²) in [5, 5.41) is 19.5. The van der Waals surface area contributed by atoms with Crippen LogP contribution in [0.1, 0.15) is 26.7 Å². The molecule has 17 heavy (non-hydrogen) atoms. The van der Waals surface area contributed by atoms with Gasteiger partial charge in [-0.2, -0.15) is 0 Å². The molecule has 0 aromatic heterocycles. The highest BCUT2D eigenvalue weighted by atomic mass is 16.6. The van der Waals surface area contributed by atoms with Crippen LogP contribution in [0.4, 0.5) is 0 Å². The van der Waals surface area contributed by atoms with Crippen LogP contribution in [0, 0.1) is 27.4 Å². The van der Waals surface area contributed by atoms with Crippen molar-refractivity contribution in [2.45, 2.75) is 26.7 Å². The fourth-order valence-electron chi connectivity index (χ4n) is 2.39. The number of nitrogens with zero attached hydrogens (tertiary/aromatic N) is 1. The predicted molar refractivity (Wildman–Crippen MR) is 59.0 cm³/mol. The maximum atomic E-state index is 11.8. The van der Waals surface area contributed by atoms with Gasteiger partial charge in [0.15, 0.2) is 0 Å². The monoisotopic (exact) mass is 243 g/mol. The number of hydrogen-bond donors (Lipinski definition) is 1. The second-order valence-corrected chi connectivity index (χ2v) is 5.39. The summed E-state index contributed by atoms with van der Waals surface area (Å²) in [6.45, 7) is 2.59. The second kappa shape index (κ2) is 4.91. The maximum Gasteiger partial charge on any atom is 0.210 e. The van der Waals surface area contributed by atoms with E-state index in [2.05, 4.69) is 0 Å². The standard InChI is InChI=1S/C11H17NO5/c1-11(2)3-8(14)10(9(15)4-11)7(6-13)5-12(16)17/h7,10,13H,3-6H2,1-2H3. The number of Topliss-reactive ketones (excluding diaryl/α,β-unsaturated/α-hetero) is 2. The summed E-state index contributed by atoms with van der Waals surface area (Å²) in [6.07, 6.45) is 0.468. The van der Waals surface area contributed by atoms with Crippen LogP contribution in [0.25, 0.3) is 0 Å². The van der Waals surface area contributed by atoms with Gasteiger partial charge >= 0.3 is 0 Å². The molecular weight excluding hydrogens is 226 g/mol. The van der Waals surface area contributed by atoms with Gasteiger partial charge in [-0.3, -0.25) is 19.7 Å². The molecule has 1 rings (SSSR count).